The lowest BCUT2D eigenvalue weighted by Crippen LogP contribution is -2.16. The van der Waals surface area contributed by atoms with Gasteiger partial charge in [-0.3, -0.25) is 0 Å². The lowest BCUT2D eigenvalue weighted by molar-refractivity contribution is -0.137. The summed E-state index contributed by atoms with van der Waals surface area (Å²) >= 11 is 0. The van der Waals surface area contributed by atoms with E-state index >= 15 is 13.2 Å². The molecule has 0 saturated heterocycles. The molecule has 0 saturated carbocycles. The molecule has 3 aromatic heterocycles. The highest BCUT2D eigenvalue weighted by Gasteiger charge is 2.40. The van der Waals surface area contributed by atoms with Crippen molar-refractivity contribution in [2.45, 2.75) is 6.18 Å². The zero-order valence-corrected chi connectivity index (χ0v) is 48.7. The van der Waals surface area contributed by atoms with Crippen molar-refractivity contribution in [1.82, 2.24) is 24.1 Å². The predicted octanol–water partition coefficient (Wildman–Crippen LogP) is 20.4. The molecular formula is C78H36F3N13. The average molecular weight is 1210 g/mol. The molecule has 13 nitrogen and oxygen atoms in total. The Balaban J connectivity index is 1.14. The fourth-order valence-electron chi connectivity index (χ4n) is 12.2. The molecule has 3 heterocycles. The first-order valence-electron chi connectivity index (χ1n) is 28.8. The zero-order chi connectivity index (χ0) is 64.9. The van der Waals surface area contributed by atoms with Gasteiger partial charge in [0.25, 0.3) is 0 Å². The van der Waals surface area contributed by atoms with Crippen molar-refractivity contribution >= 4 is 66.4 Å². The normalized spacial score (nSPS) is 11.1. The Hall–Kier alpha value is -14.3. The number of nitriles is 4. The molecule has 0 atom stereocenters. The summed E-state index contributed by atoms with van der Waals surface area (Å²) in [6, 6.07) is 69.7. The van der Waals surface area contributed by atoms with E-state index in [4.69, 9.17) is 41.2 Å². The summed E-state index contributed by atoms with van der Waals surface area (Å²) in [5, 5.41) is 42.2. The number of benzene rings is 11. The van der Waals surface area contributed by atoms with Gasteiger partial charge in [-0.15, -0.1) is 0 Å². The second-order valence-electron chi connectivity index (χ2n) is 22.0. The molecule has 0 aliphatic heterocycles. The predicted molar refractivity (Wildman–Crippen MR) is 355 cm³/mol. The van der Waals surface area contributed by atoms with Crippen LogP contribution in [0.15, 0.2) is 218 Å². The SMILES string of the molecule is [C-]#[N+]c1cc(C#N)cc(-c2ccc3c(c2)c2cc(-c4cc(C#N)cc(C#N)c4)ccc2n3-c2cc(-c3nc(-c4ccccc4)nc(-c4ccccc4)n3)cc(-n3c4ccc(-c5cc(C#N)cc([N+]#[C-])c5)cc4c4cc(-c5cc([N+]#[C-])cc([N+]#[C-])c5)ccc43)c2C(F)(F)F)c1. The molecular weight excluding hydrogens is 1180 g/mol. The maximum atomic E-state index is 17.6. The fourth-order valence-corrected chi connectivity index (χ4v) is 12.2. The smallest absolute Gasteiger partial charge is 0.309 e. The van der Waals surface area contributed by atoms with Crippen molar-refractivity contribution in [2.75, 3.05) is 0 Å². The van der Waals surface area contributed by atoms with Crippen LogP contribution in [0.5, 0.6) is 0 Å². The molecule has 0 N–H and O–H groups in total. The summed E-state index contributed by atoms with van der Waals surface area (Å²) in [5.41, 5.74) is 6.89. The van der Waals surface area contributed by atoms with E-state index in [-0.39, 0.29) is 79.4 Å². The second-order valence-corrected chi connectivity index (χ2v) is 22.0. The quantitative estimate of drug-likeness (QED) is 0.130. The summed E-state index contributed by atoms with van der Waals surface area (Å²) in [6.45, 7) is 31.5. The molecule has 16 heteroatoms. The number of hydrogen-bond acceptors (Lipinski definition) is 7. The molecule has 434 valence electrons. The van der Waals surface area contributed by atoms with Gasteiger partial charge in [0.1, 0.15) is 5.56 Å². The van der Waals surface area contributed by atoms with Crippen LogP contribution in [0, 0.1) is 71.6 Å². The van der Waals surface area contributed by atoms with Crippen molar-refractivity contribution in [3.63, 3.8) is 0 Å². The molecule has 0 aliphatic rings. The maximum Gasteiger partial charge on any atom is 0.420 e. The van der Waals surface area contributed by atoms with Gasteiger partial charge in [-0.1, -0.05) is 103 Å². The Morgan fingerprint density at radius 3 is 0.926 bits per heavy atom. The molecule has 0 spiro atoms. The van der Waals surface area contributed by atoms with E-state index in [0.717, 1.165) is 0 Å². The molecule has 0 bridgehead atoms. The van der Waals surface area contributed by atoms with Gasteiger partial charge in [0, 0.05) is 49.4 Å². The van der Waals surface area contributed by atoms with Crippen LogP contribution in [0.2, 0.25) is 0 Å². The van der Waals surface area contributed by atoms with Crippen molar-refractivity contribution in [3.05, 3.63) is 292 Å². The number of aromatic nitrogens is 5. The summed E-state index contributed by atoms with van der Waals surface area (Å²) in [5.74, 6) is 0.517. The van der Waals surface area contributed by atoms with Crippen LogP contribution in [0.3, 0.4) is 0 Å². The number of halogens is 3. The minimum atomic E-state index is -5.16. The van der Waals surface area contributed by atoms with E-state index in [1.807, 2.05) is 72.8 Å². The molecule has 14 rings (SSSR count). The third-order valence-electron chi connectivity index (χ3n) is 16.4. The van der Waals surface area contributed by atoms with E-state index in [1.54, 1.807) is 118 Å². The molecule has 0 radical (unpaired) electrons. The standard InChI is InChI=1S/C78H36F3N13/c1-86-60-28-47(43-84)26-56(30-60)52-16-20-69-65(35-52)64-34-51(55-24-45(41-82)23-46(25-55)42-83)15-19-68(64)93(69)72-38-59(77-91-75(49-11-7-5-8-12-49)90-76(92-77)50-13-9-6-10-14-50)39-73(74(72)78(79,80)81)94-70-21-17-53(57-27-48(44-85)29-61(31-57)87-2)36-66(70)67-37-54(18-22-71(67)94)58-32-62(88-3)40-63(33-58)89-4/h5-40H. The monoisotopic (exact) mass is 1210 g/mol. The molecule has 0 amide bonds. The Bertz CT molecular complexity index is 5220. The van der Waals surface area contributed by atoms with Gasteiger partial charge in [0.2, 0.25) is 0 Å². The molecule has 94 heavy (non-hydrogen) atoms. The van der Waals surface area contributed by atoms with E-state index < -0.39 is 11.7 Å². The largest absolute Gasteiger partial charge is 0.420 e. The third kappa shape index (κ3) is 10.2. The highest BCUT2D eigenvalue weighted by atomic mass is 19.4. The number of alkyl halides is 3. The van der Waals surface area contributed by atoms with E-state index in [1.165, 1.54) is 36.4 Å². The Morgan fingerprint density at radius 1 is 0.309 bits per heavy atom. The Labute approximate surface area is 534 Å². The zero-order valence-electron chi connectivity index (χ0n) is 48.7. The van der Waals surface area contributed by atoms with Gasteiger partial charge in [0.05, 0.1) is 95.1 Å². The number of nitrogens with zero attached hydrogens (tertiary/aromatic N) is 13. The average Bonchev–Trinajstić information content (AvgIpc) is 1.65. The van der Waals surface area contributed by atoms with E-state index in [9.17, 15) is 21.0 Å². The topological polar surface area (TPSA) is 161 Å². The summed E-state index contributed by atoms with van der Waals surface area (Å²) in [4.78, 5) is 29.6. The van der Waals surface area contributed by atoms with Crippen LogP contribution in [0.25, 0.3) is 153 Å². The highest BCUT2D eigenvalue weighted by Crippen LogP contribution is 2.48. The summed E-state index contributed by atoms with van der Waals surface area (Å²) in [6.07, 6.45) is -5.16. The maximum absolute atomic E-state index is 17.6. The van der Waals surface area contributed by atoms with Crippen molar-refractivity contribution < 1.29 is 13.2 Å². The van der Waals surface area contributed by atoms with Gasteiger partial charge in [0.15, 0.2) is 40.2 Å². The first-order valence-corrected chi connectivity index (χ1v) is 28.8. The molecule has 14 aromatic rings. The fraction of sp³-hybridized carbons (Fsp3) is 0.0128. The minimum Gasteiger partial charge on any atom is -0.309 e. The summed E-state index contributed by atoms with van der Waals surface area (Å²) < 4.78 is 56.0. The Kier molecular flexibility index (Phi) is 14.1. The van der Waals surface area contributed by atoms with Gasteiger partial charge in [-0.05, 0) is 160 Å². The lowest BCUT2D eigenvalue weighted by Gasteiger charge is -2.23. The highest BCUT2D eigenvalue weighted by molar-refractivity contribution is 6.14. The molecule has 0 unspecified atom stereocenters. The van der Waals surface area contributed by atoms with Crippen LogP contribution in [0.4, 0.5) is 35.9 Å². The van der Waals surface area contributed by atoms with Crippen LogP contribution in [-0.4, -0.2) is 24.1 Å². The van der Waals surface area contributed by atoms with E-state index in [0.29, 0.717) is 99.2 Å². The van der Waals surface area contributed by atoms with Gasteiger partial charge < -0.3 is 9.13 Å². The first kappa shape index (κ1) is 57.5. The Morgan fingerprint density at radius 2 is 0.606 bits per heavy atom. The van der Waals surface area contributed by atoms with Crippen LogP contribution in [0.1, 0.15) is 27.8 Å². The van der Waals surface area contributed by atoms with Crippen molar-refractivity contribution in [1.29, 1.82) is 21.0 Å². The van der Waals surface area contributed by atoms with E-state index in [2.05, 4.69) is 43.7 Å². The molecule has 0 fully saturated rings. The lowest BCUT2D eigenvalue weighted by atomic mass is 9.97. The number of fused-ring (bicyclic) bond motifs is 6. The van der Waals surface area contributed by atoms with Crippen molar-refractivity contribution in [2.24, 2.45) is 0 Å². The van der Waals surface area contributed by atoms with Gasteiger partial charge in [-0.2, -0.15) is 34.2 Å². The first-order chi connectivity index (χ1) is 45.8. The van der Waals surface area contributed by atoms with Gasteiger partial charge >= 0.3 is 6.18 Å². The minimum absolute atomic E-state index is 0.0292. The van der Waals surface area contributed by atoms with Gasteiger partial charge in [-0.25, -0.2) is 34.3 Å². The van der Waals surface area contributed by atoms with Crippen LogP contribution < -0.4 is 0 Å². The van der Waals surface area contributed by atoms with Crippen molar-refractivity contribution in [3.8, 4) is 114 Å². The third-order valence-corrected chi connectivity index (χ3v) is 16.4. The second kappa shape index (κ2) is 23.0. The molecule has 0 aliphatic carbocycles. The van der Waals surface area contributed by atoms with Crippen LogP contribution >= 0.6 is 0 Å². The molecule has 11 aromatic carbocycles. The number of hydrogen-bond donors (Lipinski definition) is 0. The van der Waals surface area contributed by atoms with Crippen LogP contribution in [-0.2, 0) is 6.18 Å². The number of rotatable bonds is 9. The summed E-state index contributed by atoms with van der Waals surface area (Å²) in [7, 11) is 0.